The Hall–Kier alpha value is -3.86. The Morgan fingerprint density at radius 3 is 2.65 bits per heavy atom. The van der Waals surface area contributed by atoms with E-state index in [0.717, 1.165) is 0 Å². The summed E-state index contributed by atoms with van der Waals surface area (Å²) in [5.41, 5.74) is 7.83. The molecule has 0 atom stereocenters. The zero-order chi connectivity index (χ0) is 24.4. The Balaban J connectivity index is 1.58. The van der Waals surface area contributed by atoms with Crippen LogP contribution in [0, 0.1) is 6.92 Å². The van der Waals surface area contributed by atoms with Crippen molar-refractivity contribution in [1.82, 2.24) is 24.7 Å². The van der Waals surface area contributed by atoms with Crippen LogP contribution in [0.25, 0.3) is 16.0 Å². The van der Waals surface area contributed by atoms with Crippen molar-refractivity contribution in [3.8, 4) is 5.82 Å². The summed E-state index contributed by atoms with van der Waals surface area (Å²) in [7, 11) is 0. The molecule has 0 bridgehead atoms. The minimum Gasteiger partial charge on any atom is -0.462 e. The fraction of sp³-hybridized carbons (Fsp3) is 0.304. The number of aryl methyl sites for hydroxylation is 1. The molecule has 0 aliphatic heterocycles. The van der Waals surface area contributed by atoms with Crippen molar-refractivity contribution in [2.24, 2.45) is 0 Å². The molecule has 4 heterocycles. The third-order valence-electron chi connectivity index (χ3n) is 5.10. The standard InChI is InChI=1S/C23H24N6O4S/c1-5-32-23(31)19-13(4)17-20(24)27-15(28-21(17)34-19)11-33-22(30)14-10-26-29(18(14)12(2)3)16-8-6-7-9-25-16/h6-10,12H,5,11H2,1-4H3,(H2,24,27,28). The topological polar surface area (TPSA) is 135 Å². The van der Waals surface area contributed by atoms with E-state index in [0.29, 0.717) is 37.7 Å². The Bertz CT molecular complexity index is 1360. The van der Waals surface area contributed by atoms with Crippen LogP contribution in [-0.2, 0) is 16.1 Å². The number of carbonyl (C=O) groups is 2. The number of carbonyl (C=O) groups excluding carboxylic acids is 2. The fourth-order valence-corrected chi connectivity index (χ4v) is 4.71. The van der Waals surface area contributed by atoms with Gasteiger partial charge in [0, 0.05) is 6.20 Å². The molecule has 0 saturated heterocycles. The summed E-state index contributed by atoms with van der Waals surface area (Å²) in [6.07, 6.45) is 3.13. The highest BCUT2D eigenvalue weighted by Crippen LogP contribution is 2.33. The van der Waals surface area contributed by atoms with E-state index in [4.69, 9.17) is 15.2 Å². The number of nitrogens with zero attached hydrogens (tertiary/aromatic N) is 5. The summed E-state index contributed by atoms with van der Waals surface area (Å²) >= 11 is 1.17. The summed E-state index contributed by atoms with van der Waals surface area (Å²) in [6.45, 7) is 7.53. The van der Waals surface area contributed by atoms with Crippen molar-refractivity contribution in [2.75, 3.05) is 12.3 Å². The van der Waals surface area contributed by atoms with E-state index in [2.05, 4.69) is 20.1 Å². The number of esters is 2. The van der Waals surface area contributed by atoms with E-state index in [1.165, 1.54) is 17.5 Å². The highest BCUT2D eigenvalue weighted by atomic mass is 32.1. The second kappa shape index (κ2) is 9.56. The van der Waals surface area contributed by atoms with Crippen LogP contribution in [0.1, 0.15) is 63.8 Å². The largest absolute Gasteiger partial charge is 0.462 e. The maximum Gasteiger partial charge on any atom is 0.348 e. The lowest BCUT2D eigenvalue weighted by atomic mass is 10.1. The Morgan fingerprint density at radius 2 is 1.97 bits per heavy atom. The number of nitrogens with two attached hydrogens (primary N) is 1. The highest BCUT2D eigenvalue weighted by molar-refractivity contribution is 7.20. The van der Waals surface area contributed by atoms with Gasteiger partial charge >= 0.3 is 11.9 Å². The van der Waals surface area contributed by atoms with Crippen LogP contribution in [0.15, 0.2) is 30.6 Å². The third-order valence-corrected chi connectivity index (χ3v) is 6.26. The molecule has 2 N–H and O–H groups in total. The van der Waals surface area contributed by atoms with Crippen LogP contribution in [0.4, 0.5) is 5.82 Å². The second-order valence-electron chi connectivity index (χ2n) is 7.76. The smallest absolute Gasteiger partial charge is 0.348 e. The molecule has 0 aliphatic carbocycles. The predicted molar refractivity (Wildman–Crippen MR) is 127 cm³/mol. The number of nitrogen functional groups attached to an aromatic ring is 1. The summed E-state index contributed by atoms with van der Waals surface area (Å²) in [5.74, 6) is 0.0663. The van der Waals surface area contributed by atoms with Gasteiger partial charge in [0.05, 0.1) is 23.9 Å². The van der Waals surface area contributed by atoms with Gasteiger partial charge in [0.15, 0.2) is 18.2 Å². The number of anilines is 1. The van der Waals surface area contributed by atoms with E-state index in [1.54, 1.807) is 24.7 Å². The van der Waals surface area contributed by atoms with Crippen LogP contribution >= 0.6 is 11.3 Å². The summed E-state index contributed by atoms with van der Waals surface area (Å²) in [5, 5.41) is 4.94. The van der Waals surface area contributed by atoms with E-state index in [9.17, 15) is 9.59 Å². The number of ether oxygens (including phenoxy) is 2. The molecule has 0 fully saturated rings. The third kappa shape index (κ3) is 4.34. The van der Waals surface area contributed by atoms with Crippen molar-refractivity contribution in [3.05, 3.63) is 58.1 Å². The zero-order valence-electron chi connectivity index (χ0n) is 19.2. The van der Waals surface area contributed by atoms with Gasteiger partial charge in [-0.25, -0.2) is 29.2 Å². The molecule has 0 unspecified atom stereocenters. The molecule has 34 heavy (non-hydrogen) atoms. The quantitative estimate of drug-likeness (QED) is 0.392. The van der Waals surface area contributed by atoms with Crippen molar-refractivity contribution >= 4 is 39.3 Å². The van der Waals surface area contributed by atoms with Crippen LogP contribution in [0.5, 0.6) is 0 Å². The van der Waals surface area contributed by atoms with Gasteiger partial charge in [0.25, 0.3) is 0 Å². The molecule has 0 amide bonds. The first-order valence-electron chi connectivity index (χ1n) is 10.7. The van der Waals surface area contributed by atoms with Gasteiger partial charge in [-0.15, -0.1) is 11.3 Å². The van der Waals surface area contributed by atoms with E-state index < -0.39 is 11.9 Å². The van der Waals surface area contributed by atoms with Crippen molar-refractivity contribution in [3.63, 3.8) is 0 Å². The first-order chi connectivity index (χ1) is 16.3. The van der Waals surface area contributed by atoms with Crippen LogP contribution < -0.4 is 5.73 Å². The van der Waals surface area contributed by atoms with Crippen molar-refractivity contribution < 1.29 is 19.1 Å². The number of thiophene rings is 1. The molecule has 0 saturated carbocycles. The first kappa shape index (κ1) is 23.3. The molecule has 0 aliphatic rings. The normalized spacial score (nSPS) is 11.2. The Labute approximate surface area is 199 Å². The number of hydrogen-bond donors (Lipinski definition) is 1. The van der Waals surface area contributed by atoms with Gasteiger partial charge in [-0.3, -0.25) is 0 Å². The Kier molecular flexibility index (Phi) is 6.55. The summed E-state index contributed by atoms with van der Waals surface area (Å²) < 4.78 is 12.2. The maximum atomic E-state index is 12.9. The molecule has 0 radical (unpaired) electrons. The van der Waals surface area contributed by atoms with E-state index in [1.807, 2.05) is 32.0 Å². The first-order valence-corrected chi connectivity index (χ1v) is 11.5. The molecule has 0 aromatic carbocycles. The predicted octanol–water partition coefficient (Wildman–Crippen LogP) is 3.82. The molecule has 11 heteroatoms. The van der Waals surface area contributed by atoms with Gasteiger partial charge in [0.1, 0.15) is 21.1 Å². The number of aromatic nitrogens is 5. The summed E-state index contributed by atoms with van der Waals surface area (Å²) in [6, 6.07) is 5.47. The lowest BCUT2D eigenvalue weighted by Crippen LogP contribution is -2.12. The minimum atomic E-state index is -0.553. The number of pyridine rings is 1. The molecule has 4 aromatic heterocycles. The van der Waals surface area contributed by atoms with Gasteiger partial charge in [0.2, 0.25) is 0 Å². The van der Waals surface area contributed by atoms with Crippen molar-refractivity contribution in [1.29, 1.82) is 0 Å². The molecule has 4 rings (SSSR count). The fourth-order valence-electron chi connectivity index (χ4n) is 3.61. The Morgan fingerprint density at radius 1 is 1.18 bits per heavy atom. The monoisotopic (exact) mass is 480 g/mol. The molecule has 0 spiro atoms. The second-order valence-corrected chi connectivity index (χ2v) is 8.76. The van der Waals surface area contributed by atoms with Crippen LogP contribution in [0.3, 0.4) is 0 Å². The summed E-state index contributed by atoms with van der Waals surface area (Å²) in [4.78, 5) is 39.1. The van der Waals surface area contributed by atoms with Crippen molar-refractivity contribution in [2.45, 2.75) is 40.2 Å². The van der Waals surface area contributed by atoms with E-state index in [-0.39, 0.29) is 30.8 Å². The SMILES string of the molecule is CCOC(=O)c1sc2nc(COC(=O)c3cnn(-c4ccccn4)c3C(C)C)nc(N)c2c1C. The maximum absolute atomic E-state index is 12.9. The molecule has 10 nitrogen and oxygen atoms in total. The average molecular weight is 481 g/mol. The van der Waals surface area contributed by atoms with Gasteiger partial charge in [-0.05, 0) is 37.5 Å². The van der Waals surface area contributed by atoms with Gasteiger partial charge in [-0.2, -0.15) is 5.10 Å². The lowest BCUT2D eigenvalue weighted by molar-refractivity contribution is 0.0460. The van der Waals surface area contributed by atoms with E-state index >= 15 is 0 Å². The molecular formula is C23H24N6O4S. The van der Waals surface area contributed by atoms with Gasteiger partial charge in [-0.1, -0.05) is 19.9 Å². The number of fused-ring (bicyclic) bond motifs is 1. The zero-order valence-corrected chi connectivity index (χ0v) is 20.0. The highest BCUT2D eigenvalue weighted by Gasteiger charge is 2.24. The molecule has 4 aromatic rings. The van der Waals surface area contributed by atoms with Crippen LogP contribution in [0.2, 0.25) is 0 Å². The van der Waals surface area contributed by atoms with Gasteiger partial charge < -0.3 is 15.2 Å². The average Bonchev–Trinajstić information content (AvgIpc) is 3.40. The molecular weight excluding hydrogens is 456 g/mol. The minimum absolute atomic E-state index is 0.00862. The molecule has 176 valence electrons. The lowest BCUT2D eigenvalue weighted by Gasteiger charge is -2.12. The van der Waals surface area contributed by atoms with Crippen LogP contribution in [-0.4, -0.2) is 43.3 Å². The number of rotatable bonds is 7. The number of hydrogen-bond acceptors (Lipinski definition) is 10.